The molecule has 3 aromatic heterocycles. The second-order valence-corrected chi connectivity index (χ2v) is 6.98. The second-order valence-electron chi connectivity index (χ2n) is 4.01. The molecule has 0 bridgehead atoms. The van der Waals surface area contributed by atoms with Crippen molar-refractivity contribution in [3.05, 3.63) is 48.8 Å². The van der Waals surface area contributed by atoms with E-state index in [0.717, 1.165) is 21.1 Å². The average Bonchev–Trinajstić information content (AvgIpc) is 3.13. The fourth-order valence-corrected chi connectivity index (χ4v) is 4.25. The van der Waals surface area contributed by atoms with Crippen LogP contribution in [0.25, 0.3) is 21.1 Å². The van der Waals surface area contributed by atoms with Gasteiger partial charge in [0.1, 0.15) is 5.69 Å². The number of ether oxygens (including phenoxy) is 1. The monoisotopic (exact) mass is 415 g/mol. The number of nitrogens with one attached hydrogen (secondary N) is 1. The standard InChI is InChI=1S/C14H10INO2S2/c1-18-14-12(9-5-3-7-20-9)16-11(10(15)13(14)17)8-4-2-6-19-8/h2-7H,1H3,(H,16,17). The van der Waals surface area contributed by atoms with E-state index in [4.69, 9.17) is 4.74 Å². The van der Waals surface area contributed by atoms with Crippen LogP contribution in [-0.4, -0.2) is 12.1 Å². The predicted octanol–water partition coefficient (Wildman–Crippen LogP) is 4.45. The van der Waals surface area contributed by atoms with E-state index in [0.29, 0.717) is 9.32 Å². The lowest BCUT2D eigenvalue weighted by Crippen LogP contribution is -2.13. The van der Waals surface area contributed by atoms with E-state index in [-0.39, 0.29) is 5.43 Å². The number of methoxy groups -OCH3 is 1. The maximum Gasteiger partial charge on any atom is 0.237 e. The minimum Gasteiger partial charge on any atom is -0.491 e. The lowest BCUT2D eigenvalue weighted by Gasteiger charge is -2.11. The molecule has 0 aliphatic carbocycles. The highest BCUT2D eigenvalue weighted by atomic mass is 127. The molecule has 3 nitrogen and oxygen atoms in total. The third kappa shape index (κ3) is 2.32. The molecule has 1 N–H and O–H groups in total. The van der Waals surface area contributed by atoms with Crippen LogP contribution in [0.2, 0.25) is 0 Å². The fraction of sp³-hybridized carbons (Fsp3) is 0.0714. The molecule has 0 atom stereocenters. The van der Waals surface area contributed by atoms with Crippen molar-refractivity contribution in [1.29, 1.82) is 0 Å². The summed E-state index contributed by atoms with van der Waals surface area (Å²) in [7, 11) is 1.53. The van der Waals surface area contributed by atoms with E-state index in [9.17, 15) is 4.79 Å². The Labute approximate surface area is 137 Å². The smallest absolute Gasteiger partial charge is 0.237 e. The Balaban J connectivity index is 2.32. The molecule has 0 spiro atoms. The van der Waals surface area contributed by atoms with Crippen molar-refractivity contribution in [3.63, 3.8) is 0 Å². The maximum absolute atomic E-state index is 12.5. The van der Waals surface area contributed by atoms with Crippen LogP contribution in [0.4, 0.5) is 0 Å². The summed E-state index contributed by atoms with van der Waals surface area (Å²) in [6.45, 7) is 0. The molecule has 3 rings (SSSR count). The maximum atomic E-state index is 12.5. The lowest BCUT2D eigenvalue weighted by molar-refractivity contribution is 0.410. The van der Waals surface area contributed by atoms with Crippen molar-refractivity contribution >= 4 is 45.3 Å². The minimum atomic E-state index is -0.0707. The first kappa shape index (κ1) is 13.8. The molecule has 0 saturated carbocycles. The van der Waals surface area contributed by atoms with Crippen LogP contribution in [0.5, 0.6) is 5.75 Å². The second kappa shape index (κ2) is 5.71. The van der Waals surface area contributed by atoms with Gasteiger partial charge in [-0.15, -0.1) is 22.7 Å². The normalized spacial score (nSPS) is 10.7. The summed E-state index contributed by atoms with van der Waals surface area (Å²) in [5.41, 5.74) is 1.53. The van der Waals surface area contributed by atoms with Gasteiger partial charge in [-0.3, -0.25) is 4.79 Å². The van der Waals surface area contributed by atoms with Gasteiger partial charge in [-0.05, 0) is 45.5 Å². The Morgan fingerprint density at radius 3 is 2.20 bits per heavy atom. The van der Waals surface area contributed by atoms with Crippen molar-refractivity contribution in [3.8, 4) is 26.9 Å². The van der Waals surface area contributed by atoms with E-state index >= 15 is 0 Å². The van der Waals surface area contributed by atoms with Gasteiger partial charge in [0.2, 0.25) is 5.43 Å². The first-order valence-corrected chi connectivity index (χ1v) is 8.63. The quantitative estimate of drug-likeness (QED) is 0.643. The summed E-state index contributed by atoms with van der Waals surface area (Å²) < 4.78 is 5.97. The number of aromatic nitrogens is 1. The van der Waals surface area contributed by atoms with Crippen LogP contribution in [0, 0.1) is 3.57 Å². The van der Waals surface area contributed by atoms with Crippen molar-refractivity contribution in [2.45, 2.75) is 0 Å². The minimum absolute atomic E-state index is 0.0707. The number of halogens is 1. The van der Waals surface area contributed by atoms with Crippen LogP contribution < -0.4 is 10.2 Å². The third-order valence-electron chi connectivity index (χ3n) is 2.84. The van der Waals surface area contributed by atoms with Gasteiger partial charge < -0.3 is 9.72 Å². The highest BCUT2D eigenvalue weighted by Crippen LogP contribution is 2.34. The van der Waals surface area contributed by atoms with E-state index in [1.165, 1.54) is 7.11 Å². The zero-order chi connectivity index (χ0) is 14.1. The topological polar surface area (TPSA) is 42.1 Å². The van der Waals surface area contributed by atoms with Crippen LogP contribution in [0.3, 0.4) is 0 Å². The van der Waals surface area contributed by atoms with Gasteiger partial charge >= 0.3 is 0 Å². The molecule has 0 aliphatic heterocycles. The number of pyridine rings is 1. The Hall–Kier alpha value is -1.12. The lowest BCUT2D eigenvalue weighted by atomic mass is 10.2. The Kier molecular flexibility index (Phi) is 3.95. The zero-order valence-electron chi connectivity index (χ0n) is 10.5. The number of hydrogen-bond acceptors (Lipinski definition) is 4. The van der Waals surface area contributed by atoms with Gasteiger partial charge in [0.25, 0.3) is 0 Å². The highest BCUT2D eigenvalue weighted by molar-refractivity contribution is 14.1. The largest absolute Gasteiger partial charge is 0.491 e. The first-order valence-electron chi connectivity index (χ1n) is 5.80. The Bertz CT molecular complexity index is 776. The summed E-state index contributed by atoms with van der Waals surface area (Å²) in [6.07, 6.45) is 0. The summed E-state index contributed by atoms with van der Waals surface area (Å²) in [5.74, 6) is 0.372. The van der Waals surface area contributed by atoms with Crippen LogP contribution in [0.1, 0.15) is 0 Å². The van der Waals surface area contributed by atoms with Crippen molar-refractivity contribution < 1.29 is 4.74 Å². The molecule has 20 heavy (non-hydrogen) atoms. The molecule has 3 heterocycles. The number of thiophene rings is 2. The zero-order valence-corrected chi connectivity index (χ0v) is 14.3. The van der Waals surface area contributed by atoms with Gasteiger partial charge in [-0.2, -0.15) is 0 Å². The molecular formula is C14H10INO2S2. The first-order chi connectivity index (χ1) is 9.72. The van der Waals surface area contributed by atoms with E-state index < -0.39 is 0 Å². The van der Waals surface area contributed by atoms with Crippen molar-refractivity contribution in [2.24, 2.45) is 0 Å². The van der Waals surface area contributed by atoms with Gasteiger partial charge in [0, 0.05) is 0 Å². The molecule has 0 radical (unpaired) electrons. The fourth-order valence-electron chi connectivity index (χ4n) is 1.94. The van der Waals surface area contributed by atoms with E-state index in [2.05, 4.69) is 27.6 Å². The number of H-pyrrole nitrogens is 1. The summed E-state index contributed by atoms with van der Waals surface area (Å²) in [6, 6.07) is 7.91. The van der Waals surface area contributed by atoms with Gasteiger partial charge in [0.05, 0.1) is 26.1 Å². The van der Waals surface area contributed by atoms with Crippen LogP contribution in [0.15, 0.2) is 39.8 Å². The molecule has 102 valence electrons. The molecule has 0 aromatic carbocycles. The molecule has 0 amide bonds. The van der Waals surface area contributed by atoms with Crippen LogP contribution >= 0.6 is 45.3 Å². The summed E-state index contributed by atoms with van der Waals surface area (Å²) in [5, 5.41) is 3.98. The number of aromatic amines is 1. The Morgan fingerprint density at radius 2 is 1.70 bits per heavy atom. The van der Waals surface area contributed by atoms with Gasteiger partial charge in [0.15, 0.2) is 5.75 Å². The third-order valence-corrected chi connectivity index (χ3v) is 5.65. The highest BCUT2D eigenvalue weighted by Gasteiger charge is 2.19. The van der Waals surface area contributed by atoms with Gasteiger partial charge in [-0.25, -0.2) is 0 Å². The molecule has 0 fully saturated rings. The molecule has 0 unspecified atom stereocenters. The summed E-state index contributed by atoms with van der Waals surface area (Å²) in [4.78, 5) is 17.9. The average molecular weight is 415 g/mol. The molecular weight excluding hydrogens is 405 g/mol. The molecule has 0 saturated heterocycles. The van der Waals surface area contributed by atoms with E-state index in [1.807, 2.05) is 35.0 Å². The SMILES string of the molecule is COc1c(-c2cccs2)[nH]c(-c2cccs2)c(I)c1=O. The van der Waals surface area contributed by atoms with Crippen LogP contribution in [-0.2, 0) is 0 Å². The summed E-state index contributed by atoms with van der Waals surface area (Å²) >= 11 is 5.26. The number of rotatable bonds is 3. The predicted molar refractivity (Wildman–Crippen MR) is 93.0 cm³/mol. The number of hydrogen-bond donors (Lipinski definition) is 1. The van der Waals surface area contributed by atoms with Crippen molar-refractivity contribution in [1.82, 2.24) is 4.98 Å². The van der Waals surface area contributed by atoms with E-state index in [1.54, 1.807) is 22.7 Å². The molecule has 0 aliphatic rings. The van der Waals surface area contributed by atoms with Gasteiger partial charge in [-0.1, -0.05) is 12.1 Å². The molecule has 3 aromatic rings. The Morgan fingerprint density at radius 1 is 1.10 bits per heavy atom. The molecule has 6 heteroatoms. The van der Waals surface area contributed by atoms with Crippen molar-refractivity contribution in [2.75, 3.05) is 7.11 Å².